The van der Waals surface area contributed by atoms with E-state index in [1.165, 1.54) is 11.1 Å². The second kappa shape index (κ2) is 6.65. The lowest BCUT2D eigenvalue weighted by Gasteiger charge is -2.09. The molecule has 0 radical (unpaired) electrons. The fourth-order valence-electron chi connectivity index (χ4n) is 3.07. The summed E-state index contributed by atoms with van der Waals surface area (Å²) in [5.41, 5.74) is 4.32. The highest BCUT2D eigenvalue weighted by atomic mass is 16.4. The molecule has 0 atom stereocenters. The van der Waals surface area contributed by atoms with Crippen molar-refractivity contribution in [2.75, 3.05) is 6.54 Å². The van der Waals surface area contributed by atoms with Gasteiger partial charge in [-0.2, -0.15) is 0 Å². The van der Waals surface area contributed by atoms with Gasteiger partial charge in [-0.3, -0.25) is 4.79 Å². The molecule has 0 unspecified atom stereocenters. The minimum Gasteiger partial charge on any atom is -0.478 e. The summed E-state index contributed by atoms with van der Waals surface area (Å²) in [5.74, 6) is -1.04. The number of nitrogens with one attached hydrogen (secondary N) is 1. The monoisotopic (exact) mass is 309 g/mol. The van der Waals surface area contributed by atoms with E-state index in [1.807, 2.05) is 24.3 Å². The molecule has 1 aliphatic carbocycles. The first kappa shape index (κ1) is 15.3. The Bertz CT molecular complexity index is 752. The molecule has 0 saturated heterocycles. The van der Waals surface area contributed by atoms with E-state index in [1.54, 1.807) is 18.2 Å². The third-order valence-corrected chi connectivity index (χ3v) is 4.29. The number of carboxylic acid groups (broad SMARTS) is 1. The van der Waals surface area contributed by atoms with Crippen LogP contribution in [0.25, 0.3) is 0 Å². The Hall–Kier alpha value is -2.62. The molecule has 0 spiro atoms. The maximum absolute atomic E-state index is 12.2. The van der Waals surface area contributed by atoms with Gasteiger partial charge in [-0.25, -0.2) is 4.79 Å². The Labute approximate surface area is 135 Å². The van der Waals surface area contributed by atoms with E-state index < -0.39 is 5.97 Å². The zero-order valence-corrected chi connectivity index (χ0v) is 12.8. The number of hydrogen-bond acceptors (Lipinski definition) is 2. The van der Waals surface area contributed by atoms with Gasteiger partial charge in [0, 0.05) is 12.1 Å². The Morgan fingerprint density at radius 3 is 2.65 bits per heavy atom. The maximum Gasteiger partial charge on any atom is 0.335 e. The van der Waals surface area contributed by atoms with Crippen molar-refractivity contribution in [3.63, 3.8) is 0 Å². The van der Waals surface area contributed by atoms with Crippen LogP contribution in [0, 0.1) is 0 Å². The van der Waals surface area contributed by atoms with Crippen LogP contribution in [0.4, 0.5) is 0 Å². The van der Waals surface area contributed by atoms with Crippen molar-refractivity contribution in [3.05, 3.63) is 70.3 Å². The van der Waals surface area contributed by atoms with E-state index in [9.17, 15) is 9.59 Å². The molecule has 4 heteroatoms. The fourth-order valence-corrected chi connectivity index (χ4v) is 3.07. The molecule has 0 bridgehead atoms. The molecule has 0 aromatic heterocycles. The highest BCUT2D eigenvalue weighted by molar-refractivity contribution is 5.94. The Kier molecular flexibility index (Phi) is 4.42. The van der Waals surface area contributed by atoms with Crippen LogP contribution >= 0.6 is 0 Å². The summed E-state index contributed by atoms with van der Waals surface area (Å²) in [7, 11) is 0. The van der Waals surface area contributed by atoms with E-state index >= 15 is 0 Å². The smallest absolute Gasteiger partial charge is 0.335 e. The van der Waals surface area contributed by atoms with Gasteiger partial charge in [-0.05, 0) is 60.6 Å². The number of benzene rings is 2. The largest absolute Gasteiger partial charge is 0.478 e. The number of rotatable bonds is 5. The van der Waals surface area contributed by atoms with Crippen LogP contribution in [0.1, 0.15) is 43.8 Å². The molecule has 23 heavy (non-hydrogen) atoms. The average Bonchev–Trinajstić information content (AvgIpc) is 3.02. The van der Waals surface area contributed by atoms with Gasteiger partial charge in [-0.1, -0.05) is 24.3 Å². The SMILES string of the molecule is O=C(NCCc1ccccc1C(=O)O)c1ccc2c(c1)CCC2. The second-order valence-corrected chi connectivity index (χ2v) is 5.81. The molecule has 2 aromatic rings. The van der Waals surface area contributed by atoms with Crippen molar-refractivity contribution in [2.45, 2.75) is 25.7 Å². The zero-order chi connectivity index (χ0) is 16.2. The molecule has 0 aliphatic heterocycles. The molecule has 2 aromatic carbocycles. The van der Waals surface area contributed by atoms with Gasteiger partial charge in [0.15, 0.2) is 0 Å². The van der Waals surface area contributed by atoms with Gasteiger partial charge in [0.25, 0.3) is 5.91 Å². The molecule has 1 amide bonds. The van der Waals surface area contributed by atoms with Gasteiger partial charge in [0.2, 0.25) is 0 Å². The van der Waals surface area contributed by atoms with E-state index in [2.05, 4.69) is 5.32 Å². The number of amides is 1. The van der Waals surface area contributed by atoms with Gasteiger partial charge in [-0.15, -0.1) is 0 Å². The van der Waals surface area contributed by atoms with Gasteiger partial charge in [0.1, 0.15) is 0 Å². The molecule has 0 fully saturated rings. The van der Waals surface area contributed by atoms with E-state index in [-0.39, 0.29) is 5.91 Å². The van der Waals surface area contributed by atoms with Crippen molar-refractivity contribution < 1.29 is 14.7 Å². The predicted molar refractivity (Wildman–Crippen MR) is 87.9 cm³/mol. The summed E-state index contributed by atoms with van der Waals surface area (Å²) in [6.07, 6.45) is 3.80. The number of carbonyl (C=O) groups excluding carboxylic acids is 1. The van der Waals surface area contributed by atoms with Gasteiger partial charge in [0.05, 0.1) is 5.56 Å². The molecule has 1 aliphatic rings. The fraction of sp³-hybridized carbons (Fsp3) is 0.263. The number of aryl methyl sites for hydroxylation is 2. The summed E-state index contributed by atoms with van der Waals surface area (Å²) in [4.78, 5) is 23.4. The van der Waals surface area contributed by atoms with Crippen molar-refractivity contribution >= 4 is 11.9 Å². The van der Waals surface area contributed by atoms with Crippen LogP contribution in [0.15, 0.2) is 42.5 Å². The number of hydrogen-bond donors (Lipinski definition) is 2. The molecule has 0 heterocycles. The number of aromatic carboxylic acids is 1. The summed E-state index contributed by atoms with van der Waals surface area (Å²) in [6.45, 7) is 0.417. The number of carboxylic acids is 1. The van der Waals surface area contributed by atoms with Gasteiger partial charge >= 0.3 is 5.97 Å². The lowest BCUT2D eigenvalue weighted by Crippen LogP contribution is -2.26. The van der Waals surface area contributed by atoms with Crippen LogP contribution in [0.3, 0.4) is 0 Å². The first-order valence-electron chi connectivity index (χ1n) is 7.86. The van der Waals surface area contributed by atoms with E-state index in [0.29, 0.717) is 24.1 Å². The number of carbonyl (C=O) groups is 2. The molecular formula is C19H19NO3. The lowest BCUT2D eigenvalue weighted by molar-refractivity contribution is 0.0695. The molecule has 2 N–H and O–H groups in total. The van der Waals surface area contributed by atoms with Crippen LogP contribution in [0.5, 0.6) is 0 Å². The minimum atomic E-state index is -0.939. The van der Waals surface area contributed by atoms with E-state index in [0.717, 1.165) is 24.8 Å². The second-order valence-electron chi connectivity index (χ2n) is 5.81. The topological polar surface area (TPSA) is 66.4 Å². The maximum atomic E-state index is 12.2. The van der Waals surface area contributed by atoms with E-state index in [4.69, 9.17) is 5.11 Å². The third-order valence-electron chi connectivity index (χ3n) is 4.29. The molecule has 0 saturated carbocycles. The average molecular weight is 309 g/mol. The standard InChI is InChI=1S/C19H19NO3/c21-18(16-9-8-13-5-3-6-15(13)12-16)20-11-10-14-4-1-2-7-17(14)19(22)23/h1-2,4,7-9,12H,3,5-6,10-11H2,(H,20,21)(H,22,23). The Morgan fingerprint density at radius 2 is 1.83 bits per heavy atom. The van der Waals surface area contributed by atoms with Crippen molar-refractivity contribution in [3.8, 4) is 0 Å². The zero-order valence-electron chi connectivity index (χ0n) is 12.8. The molecule has 4 nitrogen and oxygen atoms in total. The lowest BCUT2D eigenvalue weighted by atomic mass is 10.0. The van der Waals surface area contributed by atoms with Crippen LogP contribution in [0.2, 0.25) is 0 Å². The molecular weight excluding hydrogens is 290 g/mol. The number of fused-ring (bicyclic) bond motifs is 1. The van der Waals surface area contributed by atoms with Crippen LogP contribution in [-0.2, 0) is 19.3 Å². The Balaban J connectivity index is 1.61. The summed E-state index contributed by atoms with van der Waals surface area (Å²) in [6, 6.07) is 12.8. The van der Waals surface area contributed by atoms with Gasteiger partial charge < -0.3 is 10.4 Å². The van der Waals surface area contributed by atoms with Crippen molar-refractivity contribution in [1.29, 1.82) is 0 Å². The molecule has 118 valence electrons. The molecule has 3 rings (SSSR count). The highest BCUT2D eigenvalue weighted by Crippen LogP contribution is 2.22. The van der Waals surface area contributed by atoms with Crippen molar-refractivity contribution in [1.82, 2.24) is 5.32 Å². The first-order valence-corrected chi connectivity index (χ1v) is 7.86. The highest BCUT2D eigenvalue weighted by Gasteiger charge is 2.14. The minimum absolute atomic E-state index is 0.104. The first-order chi connectivity index (χ1) is 11.1. The Morgan fingerprint density at radius 1 is 1.04 bits per heavy atom. The quantitative estimate of drug-likeness (QED) is 0.892. The summed E-state index contributed by atoms with van der Waals surface area (Å²) < 4.78 is 0. The predicted octanol–water partition coefficient (Wildman–Crippen LogP) is 2.85. The van der Waals surface area contributed by atoms with Crippen LogP contribution < -0.4 is 5.32 Å². The summed E-state index contributed by atoms with van der Waals surface area (Å²) >= 11 is 0. The summed E-state index contributed by atoms with van der Waals surface area (Å²) in [5, 5.41) is 12.0. The third kappa shape index (κ3) is 3.42. The normalized spacial score (nSPS) is 12.7. The van der Waals surface area contributed by atoms with Crippen molar-refractivity contribution in [2.24, 2.45) is 0 Å². The van der Waals surface area contributed by atoms with Crippen LogP contribution in [-0.4, -0.2) is 23.5 Å².